The zero-order chi connectivity index (χ0) is 24.2. The van der Waals surface area contributed by atoms with Crippen molar-refractivity contribution in [3.05, 3.63) is 105 Å². The van der Waals surface area contributed by atoms with E-state index < -0.39 is 0 Å². The number of rotatable bonds is 6. The van der Waals surface area contributed by atoms with Gasteiger partial charge in [0.1, 0.15) is 0 Å². The molecule has 34 heavy (non-hydrogen) atoms. The molecule has 3 aromatic carbocycles. The third-order valence-corrected chi connectivity index (χ3v) is 6.53. The van der Waals surface area contributed by atoms with E-state index >= 15 is 0 Å². The highest BCUT2D eigenvalue weighted by Crippen LogP contribution is 2.27. The molecule has 1 aliphatic heterocycles. The number of hydrogen-bond acceptors (Lipinski definition) is 4. The van der Waals surface area contributed by atoms with E-state index in [9.17, 15) is 9.59 Å². The number of nitrogens with one attached hydrogen (secondary N) is 2. The smallest absolute Gasteiger partial charge is 0.254 e. The lowest BCUT2D eigenvalue weighted by Crippen LogP contribution is -2.50. The van der Waals surface area contributed by atoms with Gasteiger partial charge in [-0.15, -0.1) is 0 Å². The van der Waals surface area contributed by atoms with Gasteiger partial charge < -0.3 is 15.4 Å². The highest BCUT2D eigenvalue weighted by atomic mass is 35.5. The van der Waals surface area contributed by atoms with Crippen LogP contribution in [0.15, 0.2) is 66.7 Å². The average Bonchev–Trinajstić information content (AvgIpc) is 2.85. The van der Waals surface area contributed by atoms with E-state index in [1.807, 2.05) is 25.1 Å². The van der Waals surface area contributed by atoms with Crippen molar-refractivity contribution >= 4 is 35.0 Å². The maximum absolute atomic E-state index is 13.4. The van der Waals surface area contributed by atoms with Crippen molar-refractivity contribution in [3.63, 3.8) is 0 Å². The first-order chi connectivity index (χ1) is 16.4. The van der Waals surface area contributed by atoms with E-state index in [4.69, 9.17) is 28.4 Å². The quantitative estimate of drug-likeness (QED) is 0.417. The van der Waals surface area contributed by atoms with Gasteiger partial charge in [0.2, 0.25) is 0 Å². The van der Waals surface area contributed by atoms with Crippen LogP contribution in [-0.2, 0) is 13.0 Å². The summed E-state index contributed by atoms with van der Waals surface area (Å²) in [6.07, 6.45) is 0.620. The lowest BCUT2D eigenvalue weighted by molar-refractivity contribution is 0.0628. The van der Waals surface area contributed by atoms with E-state index in [1.54, 1.807) is 47.4 Å². The van der Waals surface area contributed by atoms with Crippen LogP contribution in [0.2, 0.25) is 10.0 Å². The van der Waals surface area contributed by atoms with E-state index in [0.717, 1.165) is 16.7 Å². The van der Waals surface area contributed by atoms with Gasteiger partial charge in [-0.2, -0.15) is 5.48 Å². The highest BCUT2D eigenvalue weighted by molar-refractivity contribution is 6.35. The number of nitrogens with zero attached hydrogens (tertiary/aromatic N) is 1. The minimum Gasteiger partial charge on any atom is -0.350 e. The fourth-order valence-corrected chi connectivity index (χ4v) is 4.69. The summed E-state index contributed by atoms with van der Waals surface area (Å²) in [6.45, 7) is 2.54. The number of carbonyl (C=O) groups is 2. The zero-order valence-corrected chi connectivity index (χ0v) is 20.1. The molecule has 0 bridgehead atoms. The van der Waals surface area contributed by atoms with Crippen LogP contribution in [0, 0.1) is 0 Å². The molecule has 6 nitrogen and oxygen atoms in total. The van der Waals surface area contributed by atoms with Crippen LogP contribution < -0.4 is 10.8 Å². The van der Waals surface area contributed by atoms with Crippen molar-refractivity contribution in [2.24, 2.45) is 0 Å². The van der Waals surface area contributed by atoms with Crippen molar-refractivity contribution in [2.75, 3.05) is 6.54 Å². The van der Waals surface area contributed by atoms with E-state index in [0.29, 0.717) is 40.7 Å². The molecular weight excluding hydrogens is 473 g/mol. The second kappa shape index (κ2) is 10.6. The maximum atomic E-state index is 13.4. The topological polar surface area (TPSA) is 81.7 Å². The molecule has 2 atom stereocenters. The molecule has 4 rings (SSSR count). The van der Waals surface area contributed by atoms with Crippen LogP contribution >= 0.6 is 23.2 Å². The number of halogens is 2. The van der Waals surface area contributed by atoms with Gasteiger partial charge in [0.25, 0.3) is 11.8 Å². The molecule has 0 saturated carbocycles. The van der Waals surface area contributed by atoms with Gasteiger partial charge in [-0.3, -0.25) is 9.59 Å². The fourth-order valence-electron chi connectivity index (χ4n) is 4.16. The summed E-state index contributed by atoms with van der Waals surface area (Å²) < 4.78 is 0. The van der Waals surface area contributed by atoms with Crippen molar-refractivity contribution in [1.82, 2.24) is 15.7 Å². The van der Waals surface area contributed by atoms with Gasteiger partial charge in [-0.1, -0.05) is 59.6 Å². The van der Waals surface area contributed by atoms with Crippen molar-refractivity contribution < 1.29 is 14.8 Å². The number of amides is 2. The maximum Gasteiger partial charge on any atom is 0.254 e. The van der Waals surface area contributed by atoms with Crippen LogP contribution in [0.1, 0.15) is 50.4 Å². The lowest BCUT2D eigenvalue weighted by atomic mass is 9.93. The summed E-state index contributed by atoms with van der Waals surface area (Å²) in [7, 11) is 0. The Balaban J connectivity index is 1.53. The monoisotopic (exact) mass is 497 g/mol. The fraction of sp³-hybridized carbons (Fsp3) is 0.231. The summed E-state index contributed by atoms with van der Waals surface area (Å²) in [5.74, 6) is -0.416. The summed E-state index contributed by atoms with van der Waals surface area (Å²) in [5, 5.41) is 12.8. The molecular formula is C26H25Cl2N3O3. The molecule has 0 fully saturated rings. The van der Waals surface area contributed by atoms with E-state index in [-0.39, 0.29) is 23.9 Å². The Kier molecular flexibility index (Phi) is 7.54. The third kappa shape index (κ3) is 5.42. The second-order valence-electron chi connectivity index (χ2n) is 8.40. The normalized spacial score (nSPS) is 16.0. The summed E-state index contributed by atoms with van der Waals surface area (Å²) in [6, 6.07) is 19.3. The molecule has 0 saturated heterocycles. The van der Waals surface area contributed by atoms with Gasteiger partial charge in [-0.25, -0.2) is 0 Å². The van der Waals surface area contributed by atoms with Gasteiger partial charge in [-0.05, 0) is 60.4 Å². The molecule has 0 aromatic heterocycles. The summed E-state index contributed by atoms with van der Waals surface area (Å²) >= 11 is 12.3. The Hall–Kier alpha value is -2.90. The van der Waals surface area contributed by atoms with Gasteiger partial charge >= 0.3 is 0 Å². The Labute approximate surface area is 208 Å². The molecule has 3 N–H and O–H groups in total. The lowest BCUT2D eigenvalue weighted by Gasteiger charge is -2.37. The first kappa shape index (κ1) is 24.2. The predicted molar refractivity (Wildman–Crippen MR) is 132 cm³/mol. The van der Waals surface area contributed by atoms with Crippen molar-refractivity contribution in [2.45, 2.75) is 32.0 Å². The minimum absolute atomic E-state index is 0.187. The number of hydroxylamine groups is 1. The SMILES string of the molecule is CC(NO)c1ccc(C(=O)NCC2Cc3ccccc3CN2C(=O)c2cc(Cl)cc(Cl)c2)cc1. The molecule has 3 aromatic rings. The van der Waals surface area contributed by atoms with E-state index in [1.165, 1.54) is 0 Å². The van der Waals surface area contributed by atoms with Gasteiger partial charge in [0, 0.05) is 34.3 Å². The Morgan fingerprint density at radius 1 is 1.00 bits per heavy atom. The van der Waals surface area contributed by atoms with Crippen molar-refractivity contribution in [1.29, 1.82) is 0 Å². The van der Waals surface area contributed by atoms with Crippen LogP contribution in [0.25, 0.3) is 0 Å². The summed E-state index contributed by atoms with van der Waals surface area (Å²) in [4.78, 5) is 28.0. The molecule has 1 aliphatic rings. The molecule has 176 valence electrons. The highest BCUT2D eigenvalue weighted by Gasteiger charge is 2.31. The number of hydrogen-bond donors (Lipinski definition) is 3. The predicted octanol–water partition coefficient (Wildman–Crippen LogP) is 5.03. The Bertz CT molecular complexity index is 1180. The summed E-state index contributed by atoms with van der Waals surface area (Å²) in [5.41, 5.74) is 6.20. The molecule has 0 radical (unpaired) electrons. The first-order valence-corrected chi connectivity index (χ1v) is 11.7. The molecule has 8 heteroatoms. The minimum atomic E-state index is -0.237. The van der Waals surface area contributed by atoms with Crippen LogP contribution in [0.3, 0.4) is 0 Å². The number of carbonyl (C=O) groups excluding carboxylic acids is 2. The number of fused-ring (bicyclic) bond motifs is 1. The van der Waals surface area contributed by atoms with Crippen LogP contribution in [0.5, 0.6) is 0 Å². The Morgan fingerprint density at radius 2 is 1.65 bits per heavy atom. The average molecular weight is 498 g/mol. The zero-order valence-electron chi connectivity index (χ0n) is 18.6. The molecule has 2 unspecified atom stereocenters. The largest absolute Gasteiger partial charge is 0.350 e. The Morgan fingerprint density at radius 3 is 2.29 bits per heavy atom. The molecule has 0 spiro atoms. The van der Waals surface area contributed by atoms with E-state index in [2.05, 4.69) is 16.9 Å². The van der Waals surface area contributed by atoms with Gasteiger partial charge in [0.05, 0.1) is 12.1 Å². The van der Waals surface area contributed by atoms with Gasteiger partial charge in [0.15, 0.2) is 0 Å². The van der Waals surface area contributed by atoms with Crippen LogP contribution in [-0.4, -0.2) is 34.5 Å². The molecule has 0 aliphatic carbocycles. The third-order valence-electron chi connectivity index (χ3n) is 6.09. The standard InChI is InChI=1S/C26H25Cl2N3O3/c1-16(30-34)17-6-8-18(9-7-17)25(32)29-14-24-12-19-4-2-3-5-20(19)15-31(24)26(33)21-10-22(27)13-23(28)11-21/h2-11,13,16,24,30,34H,12,14-15H2,1H3,(H,29,32). The first-order valence-electron chi connectivity index (χ1n) is 11.0. The second-order valence-corrected chi connectivity index (χ2v) is 9.27. The van der Waals surface area contributed by atoms with Crippen molar-refractivity contribution in [3.8, 4) is 0 Å². The van der Waals surface area contributed by atoms with Crippen LogP contribution in [0.4, 0.5) is 0 Å². The molecule has 1 heterocycles. The molecule has 2 amide bonds. The number of benzene rings is 3.